The molecule has 3 aromatic rings. The van der Waals surface area contributed by atoms with E-state index < -0.39 is 5.91 Å². The fraction of sp³-hybridized carbons (Fsp3) is 0.350. The SMILES string of the molecule is C#Cc1ccc(N2[C@@H]3CC[C@H]2C[C@H](Nc2c(C(N)=O)nnc4[nH]ccc24)C3)nn1. The molecule has 2 aliphatic rings. The Morgan fingerprint density at radius 2 is 1.97 bits per heavy atom. The molecular formula is C20H20N8O. The molecule has 0 radical (unpaired) electrons. The fourth-order valence-electron chi connectivity index (χ4n) is 4.65. The Kier molecular flexibility index (Phi) is 4.05. The average molecular weight is 388 g/mol. The van der Waals surface area contributed by atoms with Crippen LogP contribution in [-0.2, 0) is 0 Å². The van der Waals surface area contributed by atoms with Crippen LogP contribution < -0.4 is 16.0 Å². The summed E-state index contributed by atoms with van der Waals surface area (Å²) in [6.45, 7) is 0. The minimum atomic E-state index is -0.590. The molecule has 0 spiro atoms. The van der Waals surface area contributed by atoms with Gasteiger partial charge in [-0.3, -0.25) is 4.79 Å². The number of primary amides is 1. The monoisotopic (exact) mass is 388 g/mol. The molecule has 1 amide bonds. The minimum absolute atomic E-state index is 0.169. The van der Waals surface area contributed by atoms with Crippen LogP contribution in [0.4, 0.5) is 11.5 Å². The van der Waals surface area contributed by atoms with Gasteiger partial charge in [0.1, 0.15) is 5.69 Å². The van der Waals surface area contributed by atoms with Crippen molar-refractivity contribution in [3.63, 3.8) is 0 Å². The van der Waals surface area contributed by atoms with Crippen LogP contribution in [0.15, 0.2) is 24.4 Å². The van der Waals surface area contributed by atoms with Crippen molar-refractivity contribution in [3.8, 4) is 12.3 Å². The molecule has 0 saturated carbocycles. The van der Waals surface area contributed by atoms with Crippen molar-refractivity contribution in [1.82, 2.24) is 25.4 Å². The van der Waals surface area contributed by atoms with Gasteiger partial charge in [-0.15, -0.1) is 26.8 Å². The van der Waals surface area contributed by atoms with Crippen molar-refractivity contribution in [3.05, 3.63) is 35.8 Å². The number of rotatable bonds is 4. The van der Waals surface area contributed by atoms with E-state index in [1.165, 1.54) is 0 Å². The summed E-state index contributed by atoms with van der Waals surface area (Å²) < 4.78 is 0. The number of aromatic amines is 1. The Morgan fingerprint density at radius 1 is 1.17 bits per heavy atom. The van der Waals surface area contributed by atoms with Crippen molar-refractivity contribution in [2.75, 3.05) is 10.2 Å². The first-order valence-corrected chi connectivity index (χ1v) is 9.63. The highest BCUT2D eigenvalue weighted by Gasteiger charge is 2.42. The zero-order valence-electron chi connectivity index (χ0n) is 15.7. The minimum Gasteiger partial charge on any atom is -0.380 e. The maximum Gasteiger partial charge on any atom is 0.271 e. The lowest BCUT2D eigenvalue weighted by atomic mass is 9.96. The summed E-state index contributed by atoms with van der Waals surface area (Å²) in [5, 5.41) is 20.8. The van der Waals surface area contributed by atoms with E-state index in [1.807, 2.05) is 18.2 Å². The smallest absolute Gasteiger partial charge is 0.271 e. The molecule has 5 heterocycles. The standard InChI is InChI=1S/C20H20N8O/c1-2-11-3-6-16(25-24-11)28-13-4-5-14(28)10-12(9-13)23-17-15-7-8-22-20(15)27-26-18(17)19(21)29/h1,3,6-8,12-14H,4-5,9-10H2,(H2,21,29)(H2,22,23,27)/t12-,13-,14+. The third-order valence-electron chi connectivity index (χ3n) is 5.86. The molecule has 2 aliphatic heterocycles. The molecule has 3 aromatic heterocycles. The topological polar surface area (TPSA) is 126 Å². The van der Waals surface area contributed by atoms with Crippen LogP contribution in [0.1, 0.15) is 41.9 Å². The van der Waals surface area contributed by atoms with Gasteiger partial charge in [0, 0.05) is 29.7 Å². The Labute approximate surface area is 167 Å². The number of nitrogens with zero attached hydrogens (tertiary/aromatic N) is 5. The maximum absolute atomic E-state index is 11.9. The van der Waals surface area contributed by atoms with Crippen molar-refractivity contribution in [2.45, 2.75) is 43.8 Å². The van der Waals surface area contributed by atoms with Crippen LogP contribution >= 0.6 is 0 Å². The van der Waals surface area contributed by atoms with Gasteiger partial charge >= 0.3 is 0 Å². The highest BCUT2D eigenvalue weighted by molar-refractivity contribution is 6.04. The number of nitrogens with two attached hydrogens (primary N) is 1. The lowest BCUT2D eigenvalue weighted by molar-refractivity contribution is 0.0995. The maximum atomic E-state index is 11.9. The summed E-state index contributed by atoms with van der Waals surface area (Å²) in [4.78, 5) is 17.3. The van der Waals surface area contributed by atoms with Gasteiger partial charge < -0.3 is 20.9 Å². The number of hydrogen-bond acceptors (Lipinski definition) is 7. The molecule has 9 nitrogen and oxygen atoms in total. The predicted octanol–water partition coefficient (Wildman–Crippen LogP) is 1.44. The molecule has 146 valence electrons. The fourth-order valence-corrected chi connectivity index (χ4v) is 4.65. The number of piperidine rings is 1. The number of H-pyrrole nitrogens is 1. The number of aromatic nitrogens is 5. The largest absolute Gasteiger partial charge is 0.380 e. The second kappa shape index (κ2) is 6.74. The Hall–Kier alpha value is -3.67. The lowest BCUT2D eigenvalue weighted by Gasteiger charge is -2.40. The summed E-state index contributed by atoms with van der Waals surface area (Å²) in [6.07, 6.45) is 11.2. The number of nitrogens with one attached hydrogen (secondary N) is 2. The van der Waals surface area contributed by atoms with Crippen molar-refractivity contribution >= 4 is 28.4 Å². The van der Waals surface area contributed by atoms with Gasteiger partial charge in [0.2, 0.25) is 0 Å². The molecule has 2 saturated heterocycles. The number of hydrogen-bond donors (Lipinski definition) is 3. The Morgan fingerprint density at radius 3 is 2.62 bits per heavy atom. The third-order valence-corrected chi connectivity index (χ3v) is 5.86. The molecule has 29 heavy (non-hydrogen) atoms. The predicted molar refractivity (Wildman–Crippen MR) is 108 cm³/mol. The molecule has 0 aliphatic carbocycles. The van der Waals surface area contributed by atoms with Gasteiger partial charge in [0.05, 0.1) is 5.69 Å². The first kappa shape index (κ1) is 17.4. The van der Waals surface area contributed by atoms with E-state index in [2.05, 4.69) is 41.5 Å². The van der Waals surface area contributed by atoms with E-state index >= 15 is 0 Å². The van der Waals surface area contributed by atoms with Gasteiger partial charge in [-0.1, -0.05) is 0 Å². The van der Waals surface area contributed by atoms with Gasteiger partial charge in [0.25, 0.3) is 5.91 Å². The number of anilines is 2. The molecule has 0 unspecified atom stereocenters. The first-order valence-electron chi connectivity index (χ1n) is 9.63. The van der Waals surface area contributed by atoms with Crippen LogP contribution in [-0.4, -0.2) is 49.4 Å². The van der Waals surface area contributed by atoms with Crippen molar-refractivity contribution in [2.24, 2.45) is 5.73 Å². The Bertz CT molecular complexity index is 1100. The summed E-state index contributed by atoms with van der Waals surface area (Å²) in [5.74, 6) is 2.78. The van der Waals surface area contributed by atoms with Crippen molar-refractivity contribution in [1.29, 1.82) is 0 Å². The third kappa shape index (κ3) is 2.93. The van der Waals surface area contributed by atoms with E-state index in [4.69, 9.17) is 12.2 Å². The number of carbonyl (C=O) groups excluding carboxylic acids is 1. The summed E-state index contributed by atoms with van der Waals surface area (Å²) in [6, 6.07) is 6.56. The molecule has 3 atom stereocenters. The average Bonchev–Trinajstić information content (AvgIpc) is 3.31. The normalized spacial score (nSPS) is 23.1. The van der Waals surface area contributed by atoms with Gasteiger partial charge in [-0.25, -0.2) is 0 Å². The first-order chi connectivity index (χ1) is 14.1. The van der Waals surface area contributed by atoms with E-state index in [9.17, 15) is 4.79 Å². The highest BCUT2D eigenvalue weighted by atomic mass is 16.1. The van der Waals surface area contributed by atoms with Gasteiger partial charge in [-0.2, -0.15) is 0 Å². The molecule has 2 fully saturated rings. The van der Waals surface area contributed by atoms with E-state index in [0.29, 0.717) is 29.1 Å². The second-order valence-corrected chi connectivity index (χ2v) is 7.55. The summed E-state index contributed by atoms with van der Waals surface area (Å²) >= 11 is 0. The van der Waals surface area contributed by atoms with E-state index in [-0.39, 0.29) is 11.7 Å². The van der Waals surface area contributed by atoms with Crippen LogP contribution in [0.5, 0.6) is 0 Å². The van der Waals surface area contributed by atoms with Crippen LogP contribution in [0.2, 0.25) is 0 Å². The number of carbonyl (C=O) groups is 1. The molecule has 9 heteroatoms. The molecule has 2 bridgehead atoms. The quantitative estimate of drug-likeness (QED) is 0.577. The second-order valence-electron chi connectivity index (χ2n) is 7.55. The molecule has 5 rings (SSSR count). The van der Waals surface area contributed by atoms with Crippen molar-refractivity contribution < 1.29 is 4.79 Å². The van der Waals surface area contributed by atoms with E-state index in [1.54, 1.807) is 6.20 Å². The molecular weight excluding hydrogens is 368 g/mol. The number of fused-ring (bicyclic) bond motifs is 3. The molecule has 0 aromatic carbocycles. The van der Waals surface area contributed by atoms with Gasteiger partial charge in [0.15, 0.2) is 17.2 Å². The van der Waals surface area contributed by atoms with Crippen LogP contribution in [0, 0.1) is 12.3 Å². The number of amides is 1. The zero-order valence-corrected chi connectivity index (χ0v) is 15.7. The number of terminal acetylenes is 1. The summed E-state index contributed by atoms with van der Waals surface area (Å²) in [5.41, 5.74) is 7.53. The summed E-state index contributed by atoms with van der Waals surface area (Å²) in [7, 11) is 0. The van der Waals surface area contributed by atoms with E-state index in [0.717, 1.165) is 36.9 Å². The highest BCUT2D eigenvalue weighted by Crippen LogP contribution is 2.40. The van der Waals surface area contributed by atoms with Crippen LogP contribution in [0.25, 0.3) is 11.0 Å². The van der Waals surface area contributed by atoms with Gasteiger partial charge in [-0.05, 0) is 49.8 Å². The lowest BCUT2D eigenvalue weighted by Crippen LogP contribution is -2.47. The molecule has 4 N–H and O–H groups in total. The zero-order chi connectivity index (χ0) is 20.0. The van der Waals surface area contributed by atoms with Crippen LogP contribution in [0.3, 0.4) is 0 Å². The Balaban J connectivity index is 1.40.